The van der Waals surface area contributed by atoms with E-state index in [1.807, 2.05) is 6.92 Å². The van der Waals surface area contributed by atoms with E-state index in [0.29, 0.717) is 0 Å². The van der Waals surface area contributed by atoms with Gasteiger partial charge in [-0.05, 0) is 12.0 Å². The molecule has 0 aromatic heterocycles. The number of hydrogen-bond acceptors (Lipinski definition) is 2. The Bertz CT molecular complexity index is 118. The lowest BCUT2D eigenvalue weighted by atomic mass is 10.1. The molecule has 1 heterocycles. The van der Waals surface area contributed by atoms with Crippen molar-refractivity contribution in [1.82, 2.24) is 0 Å². The van der Waals surface area contributed by atoms with Crippen molar-refractivity contribution in [3.05, 3.63) is 11.8 Å². The first-order valence-corrected chi connectivity index (χ1v) is 3.33. The summed E-state index contributed by atoms with van der Waals surface area (Å²) in [7, 11) is 0. The molecule has 0 saturated carbocycles. The summed E-state index contributed by atoms with van der Waals surface area (Å²) in [6, 6.07) is 0. The van der Waals surface area contributed by atoms with Gasteiger partial charge in [-0.15, -0.1) is 0 Å². The van der Waals surface area contributed by atoms with Crippen LogP contribution in [0, 0.1) is 0 Å². The van der Waals surface area contributed by atoms with Crippen LogP contribution in [0.1, 0.15) is 19.8 Å². The Morgan fingerprint density at radius 3 is 3.11 bits per heavy atom. The molecule has 0 aromatic carbocycles. The van der Waals surface area contributed by atoms with E-state index < -0.39 is 0 Å². The van der Waals surface area contributed by atoms with Gasteiger partial charge < -0.3 is 9.84 Å². The van der Waals surface area contributed by atoms with Crippen LogP contribution in [0.25, 0.3) is 0 Å². The van der Waals surface area contributed by atoms with Crippen LogP contribution in [0.3, 0.4) is 0 Å². The van der Waals surface area contributed by atoms with E-state index in [1.165, 1.54) is 0 Å². The third-order valence-electron chi connectivity index (χ3n) is 1.56. The molecule has 1 N–H and O–H groups in total. The SMILES string of the molecule is CCC(O)C1=COCC1. The van der Waals surface area contributed by atoms with Crippen molar-refractivity contribution in [2.45, 2.75) is 25.9 Å². The number of aliphatic hydroxyl groups excluding tert-OH is 1. The number of ether oxygens (including phenoxy) is 1. The van der Waals surface area contributed by atoms with Crippen LogP contribution in [-0.4, -0.2) is 17.8 Å². The summed E-state index contributed by atoms with van der Waals surface area (Å²) < 4.78 is 4.96. The van der Waals surface area contributed by atoms with E-state index in [1.54, 1.807) is 6.26 Å². The molecule has 0 saturated heterocycles. The standard InChI is InChI=1S/C7H12O2/c1-2-7(8)6-3-4-9-5-6/h5,7-8H,2-4H2,1H3. The van der Waals surface area contributed by atoms with Gasteiger partial charge in [0.15, 0.2) is 0 Å². The molecule has 0 amide bonds. The van der Waals surface area contributed by atoms with Gasteiger partial charge >= 0.3 is 0 Å². The summed E-state index contributed by atoms with van der Waals surface area (Å²) in [4.78, 5) is 0. The van der Waals surface area contributed by atoms with Crippen LogP contribution in [-0.2, 0) is 4.74 Å². The molecule has 1 aliphatic rings. The molecule has 0 aromatic rings. The van der Waals surface area contributed by atoms with Crippen LogP contribution >= 0.6 is 0 Å². The summed E-state index contributed by atoms with van der Waals surface area (Å²) in [5, 5.41) is 9.21. The predicted octanol–water partition coefficient (Wildman–Crippen LogP) is 1.06. The molecule has 52 valence electrons. The summed E-state index contributed by atoms with van der Waals surface area (Å²) in [5.41, 5.74) is 1.04. The maximum Gasteiger partial charge on any atom is 0.0912 e. The smallest absolute Gasteiger partial charge is 0.0912 e. The second-order valence-corrected chi connectivity index (χ2v) is 2.24. The van der Waals surface area contributed by atoms with Crippen molar-refractivity contribution in [1.29, 1.82) is 0 Å². The lowest BCUT2D eigenvalue weighted by molar-refractivity contribution is 0.204. The molecule has 9 heavy (non-hydrogen) atoms. The third-order valence-corrected chi connectivity index (χ3v) is 1.56. The van der Waals surface area contributed by atoms with Crippen molar-refractivity contribution in [2.75, 3.05) is 6.61 Å². The van der Waals surface area contributed by atoms with Crippen LogP contribution in [0.15, 0.2) is 11.8 Å². The van der Waals surface area contributed by atoms with Crippen LogP contribution in [0.4, 0.5) is 0 Å². The zero-order valence-electron chi connectivity index (χ0n) is 5.63. The van der Waals surface area contributed by atoms with E-state index in [-0.39, 0.29) is 6.10 Å². The predicted molar refractivity (Wildman–Crippen MR) is 34.9 cm³/mol. The average Bonchev–Trinajstić information content (AvgIpc) is 2.37. The van der Waals surface area contributed by atoms with Gasteiger partial charge in [-0.3, -0.25) is 0 Å². The van der Waals surface area contributed by atoms with Gasteiger partial charge in [0, 0.05) is 6.42 Å². The summed E-state index contributed by atoms with van der Waals surface area (Å²) in [6.07, 6.45) is 3.09. The van der Waals surface area contributed by atoms with Gasteiger partial charge in [-0.1, -0.05) is 6.92 Å². The molecule has 0 radical (unpaired) electrons. The Balaban J connectivity index is 2.40. The van der Waals surface area contributed by atoms with Gasteiger partial charge in [-0.2, -0.15) is 0 Å². The molecule has 1 rings (SSSR count). The van der Waals surface area contributed by atoms with Gasteiger partial charge in [0.2, 0.25) is 0 Å². The highest BCUT2D eigenvalue weighted by atomic mass is 16.5. The highest BCUT2D eigenvalue weighted by Crippen LogP contribution is 2.15. The van der Waals surface area contributed by atoms with E-state index in [4.69, 9.17) is 4.74 Å². The molecular formula is C7H12O2. The summed E-state index contributed by atoms with van der Waals surface area (Å²) in [6.45, 7) is 2.70. The maximum absolute atomic E-state index is 9.21. The Kier molecular flexibility index (Phi) is 2.11. The number of rotatable bonds is 2. The van der Waals surface area contributed by atoms with Gasteiger partial charge in [0.05, 0.1) is 19.0 Å². The van der Waals surface area contributed by atoms with Gasteiger partial charge in [0.25, 0.3) is 0 Å². The minimum Gasteiger partial charge on any atom is -0.501 e. The molecule has 0 fully saturated rings. The van der Waals surface area contributed by atoms with Crippen molar-refractivity contribution in [3.8, 4) is 0 Å². The van der Waals surface area contributed by atoms with E-state index in [9.17, 15) is 5.11 Å². The lowest BCUT2D eigenvalue weighted by Gasteiger charge is -2.04. The molecule has 1 unspecified atom stereocenters. The normalized spacial score (nSPS) is 20.9. The summed E-state index contributed by atoms with van der Waals surface area (Å²) >= 11 is 0. The fourth-order valence-corrected chi connectivity index (χ4v) is 0.909. The fourth-order valence-electron chi connectivity index (χ4n) is 0.909. The highest BCUT2D eigenvalue weighted by Gasteiger charge is 2.12. The Morgan fingerprint density at radius 2 is 2.67 bits per heavy atom. The number of hydrogen-bond donors (Lipinski definition) is 1. The van der Waals surface area contributed by atoms with Crippen LogP contribution < -0.4 is 0 Å². The second-order valence-electron chi connectivity index (χ2n) is 2.24. The van der Waals surface area contributed by atoms with E-state index in [2.05, 4.69) is 0 Å². The largest absolute Gasteiger partial charge is 0.501 e. The van der Waals surface area contributed by atoms with Crippen molar-refractivity contribution in [3.63, 3.8) is 0 Å². The Morgan fingerprint density at radius 1 is 1.89 bits per heavy atom. The minimum atomic E-state index is -0.271. The lowest BCUT2D eigenvalue weighted by Crippen LogP contribution is -2.06. The molecule has 0 bridgehead atoms. The molecule has 0 spiro atoms. The molecule has 2 nitrogen and oxygen atoms in total. The zero-order chi connectivity index (χ0) is 6.69. The van der Waals surface area contributed by atoms with Crippen molar-refractivity contribution >= 4 is 0 Å². The monoisotopic (exact) mass is 128 g/mol. The van der Waals surface area contributed by atoms with Crippen LogP contribution in [0.2, 0.25) is 0 Å². The number of aliphatic hydroxyl groups is 1. The first kappa shape index (κ1) is 6.62. The zero-order valence-corrected chi connectivity index (χ0v) is 5.63. The molecule has 1 atom stereocenters. The fraction of sp³-hybridized carbons (Fsp3) is 0.714. The molecule has 2 heteroatoms. The van der Waals surface area contributed by atoms with Gasteiger partial charge in [0.1, 0.15) is 0 Å². The first-order chi connectivity index (χ1) is 4.34. The van der Waals surface area contributed by atoms with Crippen molar-refractivity contribution in [2.24, 2.45) is 0 Å². The van der Waals surface area contributed by atoms with E-state index in [0.717, 1.165) is 25.0 Å². The topological polar surface area (TPSA) is 29.5 Å². The maximum atomic E-state index is 9.21. The van der Waals surface area contributed by atoms with Gasteiger partial charge in [-0.25, -0.2) is 0 Å². The average molecular weight is 128 g/mol. The molecule has 0 aliphatic carbocycles. The van der Waals surface area contributed by atoms with Crippen LogP contribution in [0.5, 0.6) is 0 Å². The quantitative estimate of drug-likeness (QED) is 0.602. The van der Waals surface area contributed by atoms with Crippen molar-refractivity contribution < 1.29 is 9.84 Å². The van der Waals surface area contributed by atoms with E-state index >= 15 is 0 Å². The molecular weight excluding hydrogens is 116 g/mol. The Hall–Kier alpha value is -0.500. The Labute approximate surface area is 55.1 Å². The second kappa shape index (κ2) is 2.87. The molecule has 1 aliphatic heterocycles. The minimum absolute atomic E-state index is 0.271. The summed E-state index contributed by atoms with van der Waals surface area (Å²) in [5.74, 6) is 0. The highest BCUT2D eigenvalue weighted by molar-refractivity contribution is 5.07. The first-order valence-electron chi connectivity index (χ1n) is 3.33. The third kappa shape index (κ3) is 1.45.